The van der Waals surface area contributed by atoms with Gasteiger partial charge in [-0.2, -0.15) is 0 Å². The number of hydrogen-bond acceptors (Lipinski definition) is 2. The molecule has 3 nitrogen and oxygen atoms in total. The molecule has 0 aromatic heterocycles. The second-order valence-electron chi connectivity index (χ2n) is 5.81. The molecule has 2 N–H and O–H groups in total. The Balaban J connectivity index is 2.30. The molecular weight excluding hydrogens is 224 g/mol. The summed E-state index contributed by atoms with van der Waals surface area (Å²) < 4.78 is 0. The molecular formula is C15H30N2O. The molecule has 0 aliphatic carbocycles. The minimum atomic E-state index is 0.361. The van der Waals surface area contributed by atoms with Crippen molar-refractivity contribution in [3.05, 3.63) is 0 Å². The first kappa shape index (κ1) is 15.5. The van der Waals surface area contributed by atoms with E-state index in [1.165, 1.54) is 19.3 Å². The van der Waals surface area contributed by atoms with Crippen LogP contribution in [0.3, 0.4) is 0 Å². The minimum absolute atomic E-state index is 0.361. The molecule has 0 aromatic rings. The SMILES string of the molecule is CCC(CCN)CCC(=O)N1CCCC(C)CC1. The summed E-state index contributed by atoms with van der Waals surface area (Å²) in [6.07, 6.45) is 7.54. The molecule has 2 unspecified atom stereocenters. The molecule has 1 saturated heterocycles. The second kappa shape index (κ2) is 8.52. The molecule has 1 aliphatic rings. The van der Waals surface area contributed by atoms with Crippen LogP contribution in [0.4, 0.5) is 0 Å². The van der Waals surface area contributed by atoms with E-state index in [0.717, 1.165) is 44.8 Å². The van der Waals surface area contributed by atoms with Crippen molar-refractivity contribution < 1.29 is 4.79 Å². The molecule has 106 valence electrons. The molecule has 1 aliphatic heterocycles. The van der Waals surface area contributed by atoms with Gasteiger partial charge in [0.1, 0.15) is 0 Å². The maximum atomic E-state index is 12.2. The van der Waals surface area contributed by atoms with E-state index >= 15 is 0 Å². The van der Waals surface area contributed by atoms with Crippen LogP contribution in [0.2, 0.25) is 0 Å². The molecule has 1 amide bonds. The van der Waals surface area contributed by atoms with Gasteiger partial charge in [0.25, 0.3) is 0 Å². The number of hydrogen-bond donors (Lipinski definition) is 1. The predicted octanol–water partition coefficient (Wildman–Crippen LogP) is 2.79. The van der Waals surface area contributed by atoms with Crippen LogP contribution in [0, 0.1) is 11.8 Å². The highest BCUT2D eigenvalue weighted by Gasteiger charge is 2.19. The number of nitrogens with two attached hydrogens (primary N) is 1. The van der Waals surface area contributed by atoms with Gasteiger partial charge >= 0.3 is 0 Å². The molecule has 0 bridgehead atoms. The lowest BCUT2D eigenvalue weighted by molar-refractivity contribution is -0.131. The van der Waals surface area contributed by atoms with Crippen LogP contribution in [0.25, 0.3) is 0 Å². The lowest BCUT2D eigenvalue weighted by Gasteiger charge is -2.22. The largest absolute Gasteiger partial charge is 0.343 e. The Morgan fingerprint density at radius 3 is 2.78 bits per heavy atom. The fourth-order valence-electron chi connectivity index (χ4n) is 2.79. The van der Waals surface area contributed by atoms with Gasteiger partial charge in [-0.05, 0) is 50.5 Å². The van der Waals surface area contributed by atoms with Crippen LogP contribution in [0.1, 0.15) is 58.8 Å². The number of rotatable bonds is 6. The lowest BCUT2D eigenvalue weighted by atomic mass is 9.96. The number of likely N-dealkylation sites (tertiary alicyclic amines) is 1. The molecule has 0 aromatic carbocycles. The normalized spacial score (nSPS) is 22.6. The molecule has 3 heteroatoms. The summed E-state index contributed by atoms with van der Waals surface area (Å²) in [4.78, 5) is 14.3. The average Bonchev–Trinajstić information content (AvgIpc) is 2.59. The average molecular weight is 254 g/mol. The summed E-state index contributed by atoms with van der Waals surface area (Å²) in [6.45, 7) is 7.17. The van der Waals surface area contributed by atoms with Crippen molar-refractivity contribution in [2.45, 2.75) is 58.8 Å². The zero-order valence-electron chi connectivity index (χ0n) is 12.2. The number of carbonyl (C=O) groups is 1. The maximum absolute atomic E-state index is 12.2. The van der Waals surface area contributed by atoms with Gasteiger partial charge in [0, 0.05) is 19.5 Å². The van der Waals surface area contributed by atoms with Crippen molar-refractivity contribution in [2.24, 2.45) is 17.6 Å². The van der Waals surface area contributed by atoms with Crippen LogP contribution >= 0.6 is 0 Å². The van der Waals surface area contributed by atoms with Gasteiger partial charge in [0.05, 0.1) is 0 Å². The molecule has 1 heterocycles. The van der Waals surface area contributed by atoms with Gasteiger partial charge in [-0.3, -0.25) is 4.79 Å². The zero-order valence-corrected chi connectivity index (χ0v) is 12.2. The van der Waals surface area contributed by atoms with Gasteiger partial charge in [0.2, 0.25) is 5.91 Å². The van der Waals surface area contributed by atoms with E-state index in [0.29, 0.717) is 18.2 Å². The summed E-state index contributed by atoms with van der Waals surface area (Å²) in [5.74, 6) is 1.77. The molecule has 0 radical (unpaired) electrons. The van der Waals surface area contributed by atoms with Crippen molar-refractivity contribution in [1.82, 2.24) is 4.90 Å². The standard InChI is InChI=1S/C15H30N2O/c1-3-14(8-10-16)6-7-15(18)17-11-4-5-13(2)9-12-17/h13-14H,3-12,16H2,1-2H3. The quantitative estimate of drug-likeness (QED) is 0.792. The first-order chi connectivity index (χ1) is 8.67. The Kier molecular flexibility index (Phi) is 7.33. The summed E-state index contributed by atoms with van der Waals surface area (Å²) in [7, 11) is 0. The zero-order chi connectivity index (χ0) is 13.4. The predicted molar refractivity (Wildman–Crippen MR) is 76.3 cm³/mol. The highest BCUT2D eigenvalue weighted by molar-refractivity contribution is 5.76. The van der Waals surface area contributed by atoms with E-state index in [2.05, 4.69) is 18.7 Å². The fourth-order valence-corrected chi connectivity index (χ4v) is 2.79. The van der Waals surface area contributed by atoms with Crippen molar-refractivity contribution in [3.8, 4) is 0 Å². The highest BCUT2D eigenvalue weighted by Crippen LogP contribution is 2.19. The van der Waals surface area contributed by atoms with Gasteiger partial charge < -0.3 is 10.6 Å². The lowest BCUT2D eigenvalue weighted by Crippen LogP contribution is -2.32. The Bertz CT molecular complexity index is 243. The van der Waals surface area contributed by atoms with Crippen LogP contribution in [0.5, 0.6) is 0 Å². The fraction of sp³-hybridized carbons (Fsp3) is 0.933. The summed E-state index contributed by atoms with van der Waals surface area (Å²) in [5, 5.41) is 0. The van der Waals surface area contributed by atoms with Gasteiger partial charge in [-0.1, -0.05) is 20.3 Å². The topological polar surface area (TPSA) is 46.3 Å². The van der Waals surface area contributed by atoms with Crippen LogP contribution < -0.4 is 5.73 Å². The van der Waals surface area contributed by atoms with E-state index in [4.69, 9.17) is 5.73 Å². The number of carbonyl (C=O) groups excluding carboxylic acids is 1. The van der Waals surface area contributed by atoms with Gasteiger partial charge in [-0.15, -0.1) is 0 Å². The second-order valence-corrected chi connectivity index (χ2v) is 5.81. The summed E-state index contributed by atoms with van der Waals surface area (Å²) in [5.41, 5.74) is 5.59. The Morgan fingerprint density at radius 1 is 1.33 bits per heavy atom. The van der Waals surface area contributed by atoms with E-state index in [1.54, 1.807) is 0 Å². The smallest absolute Gasteiger partial charge is 0.222 e. The van der Waals surface area contributed by atoms with E-state index in [9.17, 15) is 4.79 Å². The van der Waals surface area contributed by atoms with Gasteiger partial charge in [0.15, 0.2) is 0 Å². The number of amides is 1. The Morgan fingerprint density at radius 2 is 2.11 bits per heavy atom. The third-order valence-corrected chi connectivity index (χ3v) is 4.29. The van der Waals surface area contributed by atoms with Crippen molar-refractivity contribution in [3.63, 3.8) is 0 Å². The van der Waals surface area contributed by atoms with Crippen molar-refractivity contribution in [1.29, 1.82) is 0 Å². The molecule has 0 spiro atoms. The monoisotopic (exact) mass is 254 g/mol. The van der Waals surface area contributed by atoms with Crippen molar-refractivity contribution >= 4 is 5.91 Å². The van der Waals surface area contributed by atoms with Crippen LogP contribution in [-0.2, 0) is 4.79 Å². The first-order valence-electron chi connectivity index (χ1n) is 7.65. The molecule has 2 atom stereocenters. The van der Waals surface area contributed by atoms with E-state index in [-0.39, 0.29) is 0 Å². The van der Waals surface area contributed by atoms with Gasteiger partial charge in [-0.25, -0.2) is 0 Å². The van der Waals surface area contributed by atoms with E-state index < -0.39 is 0 Å². The molecule has 18 heavy (non-hydrogen) atoms. The third kappa shape index (κ3) is 5.38. The highest BCUT2D eigenvalue weighted by atomic mass is 16.2. The molecule has 1 rings (SSSR count). The van der Waals surface area contributed by atoms with Crippen molar-refractivity contribution in [2.75, 3.05) is 19.6 Å². The van der Waals surface area contributed by atoms with Crippen LogP contribution in [-0.4, -0.2) is 30.4 Å². The maximum Gasteiger partial charge on any atom is 0.222 e. The van der Waals surface area contributed by atoms with Crippen LogP contribution in [0.15, 0.2) is 0 Å². The molecule has 1 fully saturated rings. The Hall–Kier alpha value is -0.570. The molecule has 0 saturated carbocycles. The minimum Gasteiger partial charge on any atom is -0.343 e. The Labute approximate surface area is 112 Å². The number of nitrogens with zero attached hydrogens (tertiary/aromatic N) is 1. The van der Waals surface area contributed by atoms with E-state index in [1.807, 2.05) is 0 Å². The summed E-state index contributed by atoms with van der Waals surface area (Å²) in [6, 6.07) is 0. The third-order valence-electron chi connectivity index (χ3n) is 4.29. The first-order valence-corrected chi connectivity index (χ1v) is 7.65. The summed E-state index contributed by atoms with van der Waals surface area (Å²) >= 11 is 0.